The molecule has 0 bridgehead atoms. The largest absolute Gasteiger partial charge is 0.334 e. The number of aldehydes is 1. The number of imidazole rings is 1. The molecule has 1 heterocycles. The molecule has 0 aliphatic carbocycles. The van der Waals surface area contributed by atoms with Crippen molar-refractivity contribution in [2.75, 3.05) is 0 Å². The normalized spacial score (nSPS) is 10.3. The molecule has 0 aliphatic rings. The maximum atomic E-state index is 13.1. The third-order valence-corrected chi connectivity index (χ3v) is 2.23. The molecule has 0 aliphatic heterocycles. The van der Waals surface area contributed by atoms with Crippen molar-refractivity contribution in [1.82, 2.24) is 9.55 Å². The summed E-state index contributed by atoms with van der Waals surface area (Å²) < 4.78 is 14.8. The maximum absolute atomic E-state index is 13.1. The molecule has 0 fully saturated rings. The van der Waals surface area contributed by atoms with Gasteiger partial charge >= 0.3 is 0 Å². The van der Waals surface area contributed by atoms with Gasteiger partial charge in [-0.2, -0.15) is 0 Å². The number of rotatable bonds is 2. The second-order valence-corrected chi connectivity index (χ2v) is 3.24. The van der Waals surface area contributed by atoms with E-state index in [2.05, 4.69) is 4.98 Å². The Morgan fingerprint density at radius 3 is 2.87 bits per heavy atom. The van der Waals surface area contributed by atoms with Crippen molar-refractivity contribution in [3.05, 3.63) is 42.1 Å². The van der Waals surface area contributed by atoms with Gasteiger partial charge in [-0.15, -0.1) is 0 Å². The fourth-order valence-electron chi connectivity index (χ4n) is 1.47. The van der Waals surface area contributed by atoms with E-state index < -0.39 is 0 Å². The maximum Gasteiger partial charge on any atom is 0.150 e. The average Bonchev–Trinajstić information content (AvgIpc) is 2.64. The molecular formula is C11H9FN2O. The number of halogens is 1. The Kier molecular flexibility index (Phi) is 2.33. The highest BCUT2D eigenvalue weighted by molar-refractivity contribution is 5.86. The molecule has 0 saturated heterocycles. The van der Waals surface area contributed by atoms with Gasteiger partial charge in [-0.05, 0) is 18.2 Å². The van der Waals surface area contributed by atoms with Gasteiger partial charge in [-0.3, -0.25) is 4.79 Å². The van der Waals surface area contributed by atoms with Crippen LogP contribution in [-0.2, 0) is 7.05 Å². The van der Waals surface area contributed by atoms with Crippen LogP contribution in [0.5, 0.6) is 0 Å². The smallest absolute Gasteiger partial charge is 0.150 e. The van der Waals surface area contributed by atoms with Crippen molar-refractivity contribution in [1.29, 1.82) is 0 Å². The number of carbonyl (C=O) groups excluding carboxylic acids is 1. The Labute approximate surface area is 86.2 Å². The van der Waals surface area contributed by atoms with E-state index >= 15 is 0 Å². The van der Waals surface area contributed by atoms with E-state index in [1.54, 1.807) is 24.1 Å². The van der Waals surface area contributed by atoms with Crippen LogP contribution >= 0.6 is 0 Å². The van der Waals surface area contributed by atoms with E-state index in [1.807, 2.05) is 0 Å². The minimum absolute atomic E-state index is 0.364. The third kappa shape index (κ3) is 1.66. The molecule has 15 heavy (non-hydrogen) atoms. The minimum Gasteiger partial charge on any atom is -0.334 e. The van der Waals surface area contributed by atoms with Crippen molar-refractivity contribution in [3.8, 4) is 11.3 Å². The third-order valence-electron chi connectivity index (χ3n) is 2.23. The molecule has 0 unspecified atom stereocenters. The van der Waals surface area contributed by atoms with Crippen LogP contribution < -0.4 is 0 Å². The molecule has 4 heteroatoms. The van der Waals surface area contributed by atoms with Gasteiger partial charge in [-0.25, -0.2) is 9.37 Å². The summed E-state index contributed by atoms with van der Waals surface area (Å²) in [7, 11) is 1.79. The quantitative estimate of drug-likeness (QED) is 0.701. The van der Waals surface area contributed by atoms with Gasteiger partial charge in [0.15, 0.2) is 6.29 Å². The lowest BCUT2D eigenvalue weighted by Crippen LogP contribution is -1.94. The fraction of sp³-hybridized carbons (Fsp3) is 0.0909. The molecule has 0 radical (unpaired) electrons. The van der Waals surface area contributed by atoms with E-state index in [0.29, 0.717) is 17.4 Å². The van der Waals surface area contributed by atoms with Crippen LogP contribution in [0.25, 0.3) is 11.3 Å². The standard InChI is InChI=1S/C11H9FN2O/c1-14-7-13-5-11(14)10-4-9(12)3-2-8(10)6-15/h2-7H,1H3. The van der Waals surface area contributed by atoms with Gasteiger partial charge in [0.1, 0.15) is 5.82 Å². The van der Waals surface area contributed by atoms with Crippen molar-refractivity contribution < 1.29 is 9.18 Å². The van der Waals surface area contributed by atoms with E-state index in [9.17, 15) is 9.18 Å². The highest BCUT2D eigenvalue weighted by Crippen LogP contribution is 2.22. The van der Waals surface area contributed by atoms with Gasteiger partial charge in [0.2, 0.25) is 0 Å². The summed E-state index contributed by atoms with van der Waals surface area (Å²) >= 11 is 0. The summed E-state index contributed by atoms with van der Waals surface area (Å²) in [5.41, 5.74) is 1.74. The minimum atomic E-state index is -0.364. The number of benzene rings is 1. The number of aromatic nitrogens is 2. The number of hydrogen-bond acceptors (Lipinski definition) is 2. The zero-order chi connectivity index (χ0) is 10.8. The molecule has 76 valence electrons. The van der Waals surface area contributed by atoms with E-state index in [4.69, 9.17) is 0 Å². The van der Waals surface area contributed by atoms with Crippen LogP contribution in [0.1, 0.15) is 10.4 Å². The summed E-state index contributed by atoms with van der Waals surface area (Å²) in [4.78, 5) is 14.7. The van der Waals surface area contributed by atoms with Crippen molar-refractivity contribution in [2.45, 2.75) is 0 Å². The van der Waals surface area contributed by atoms with Crippen LogP contribution in [0.4, 0.5) is 4.39 Å². The molecular weight excluding hydrogens is 195 g/mol. The lowest BCUT2D eigenvalue weighted by atomic mass is 10.1. The lowest BCUT2D eigenvalue weighted by Gasteiger charge is -2.05. The summed E-state index contributed by atoms with van der Waals surface area (Å²) in [6.45, 7) is 0. The first-order valence-corrected chi connectivity index (χ1v) is 4.44. The first-order valence-electron chi connectivity index (χ1n) is 4.44. The fourth-order valence-corrected chi connectivity index (χ4v) is 1.47. The number of hydrogen-bond donors (Lipinski definition) is 0. The molecule has 1 aromatic heterocycles. The molecule has 0 amide bonds. The zero-order valence-electron chi connectivity index (χ0n) is 8.14. The van der Waals surface area contributed by atoms with Gasteiger partial charge in [0, 0.05) is 18.2 Å². The van der Waals surface area contributed by atoms with Crippen LogP contribution in [0.2, 0.25) is 0 Å². The van der Waals surface area contributed by atoms with E-state index in [0.717, 1.165) is 5.69 Å². The molecule has 0 atom stereocenters. The van der Waals surface area contributed by atoms with Gasteiger partial charge < -0.3 is 4.57 Å². The summed E-state index contributed by atoms with van der Waals surface area (Å²) in [5.74, 6) is -0.364. The zero-order valence-corrected chi connectivity index (χ0v) is 8.14. The van der Waals surface area contributed by atoms with E-state index in [-0.39, 0.29) is 5.82 Å². The first-order chi connectivity index (χ1) is 7.22. The van der Waals surface area contributed by atoms with Crippen LogP contribution in [-0.4, -0.2) is 15.8 Å². The molecule has 3 nitrogen and oxygen atoms in total. The molecule has 2 aromatic rings. The van der Waals surface area contributed by atoms with Crippen LogP contribution in [0, 0.1) is 5.82 Å². The highest BCUT2D eigenvalue weighted by atomic mass is 19.1. The lowest BCUT2D eigenvalue weighted by molar-refractivity contribution is 0.112. The first kappa shape index (κ1) is 9.58. The summed E-state index contributed by atoms with van der Waals surface area (Å²) in [5, 5.41) is 0. The van der Waals surface area contributed by atoms with E-state index in [1.165, 1.54) is 18.2 Å². The molecule has 0 spiro atoms. The summed E-state index contributed by atoms with van der Waals surface area (Å²) in [6.07, 6.45) is 3.92. The highest BCUT2D eigenvalue weighted by Gasteiger charge is 2.08. The SMILES string of the molecule is Cn1cncc1-c1cc(F)ccc1C=O. The summed E-state index contributed by atoms with van der Waals surface area (Å²) in [6, 6.07) is 4.06. The Balaban J connectivity index is 2.65. The molecule has 0 N–H and O–H groups in total. The number of carbonyl (C=O) groups is 1. The van der Waals surface area contributed by atoms with Crippen molar-refractivity contribution in [3.63, 3.8) is 0 Å². The Morgan fingerprint density at radius 2 is 2.27 bits per heavy atom. The predicted octanol–water partition coefficient (Wildman–Crippen LogP) is 2.04. The van der Waals surface area contributed by atoms with Gasteiger partial charge in [0.25, 0.3) is 0 Å². The second kappa shape index (κ2) is 3.65. The second-order valence-electron chi connectivity index (χ2n) is 3.24. The monoisotopic (exact) mass is 204 g/mol. The molecule has 1 aromatic carbocycles. The van der Waals surface area contributed by atoms with Gasteiger partial charge in [-0.1, -0.05) is 0 Å². The van der Waals surface area contributed by atoms with Gasteiger partial charge in [0.05, 0.1) is 18.2 Å². The molecule has 2 rings (SSSR count). The van der Waals surface area contributed by atoms with Crippen LogP contribution in [0.3, 0.4) is 0 Å². The Morgan fingerprint density at radius 1 is 1.47 bits per heavy atom. The number of aryl methyl sites for hydroxylation is 1. The van der Waals surface area contributed by atoms with Crippen molar-refractivity contribution >= 4 is 6.29 Å². The molecule has 0 saturated carbocycles. The predicted molar refractivity (Wildman–Crippen MR) is 54.0 cm³/mol. The average molecular weight is 204 g/mol. The Hall–Kier alpha value is -1.97. The Bertz CT molecular complexity index is 505. The topological polar surface area (TPSA) is 34.9 Å². The number of nitrogens with zero attached hydrogens (tertiary/aromatic N) is 2. The van der Waals surface area contributed by atoms with Crippen molar-refractivity contribution in [2.24, 2.45) is 7.05 Å². The van der Waals surface area contributed by atoms with Crippen LogP contribution in [0.15, 0.2) is 30.7 Å².